The molecule has 0 aliphatic rings. The zero-order valence-corrected chi connectivity index (χ0v) is 11.4. The maximum Gasteiger partial charge on any atom is 0.271 e. The van der Waals surface area contributed by atoms with Gasteiger partial charge in [0.25, 0.3) is 5.69 Å². The van der Waals surface area contributed by atoms with Crippen molar-refractivity contribution in [2.75, 3.05) is 6.61 Å². The summed E-state index contributed by atoms with van der Waals surface area (Å²) in [5.41, 5.74) is 1.54. The van der Waals surface area contributed by atoms with Crippen LogP contribution in [-0.2, 0) is 10.0 Å². The lowest BCUT2D eigenvalue weighted by atomic mass is 10.3. The largest absolute Gasteiger partial charge is 0.488 e. The molecule has 0 aromatic heterocycles. The minimum absolute atomic E-state index is 0.0455. The second-order valence-corrected chi connectivity index (χ2v) is 5.43. The lowest BCUT2D eigenvalue weighted by Crippen LogP contribution is -2.14. The maximum absolute atomic E-state index is 11.4. The van der Waals surface area contributed by atoms with Gasteiger partial charge in [0.05, 0.1) is 4.92 Å². The first-order chi connectivity index (χ1) is 8.75. The molecule has 0 saturated carbocycles. The van der Waals surface area contributed by atoms with Crippen LogP contribution in [0, 0.1) is 10.1 Å². The third-order valence-electron chi connectivity index (χ3n) is 2.09. The van der Waals surface area contributed by atoms with Crippen molar-refractivity contribution in [2.24, 2.45) is 5.14 Å². The Labute approximate surface area is 114 Å². The quantitative estimate of drug-likeness (QED) is 0.658. The molecule has 0 saturated heterocycles. The first-order valence-electron chi connectivity index (χ1n) is 4.95. The van der Waals surface area contributed by atoms with E-state index in [2.05, 4.69) is 0 Å². The van der Waals surface area contributed by atoms with Crippen molar-refractivity contribution in [3.63, 3.8) is 0 Å². The topological polar surface area (TPSA) is 113 Å². The van der Waals surface area contributed by atoms with Crippen molar-refractivity contribution in [3.05, 3.63) is 39.4 Å². The van der Waals surface area contributed by atoms with Crippen molar-refractivity contribution in [1.82, 2.24) is 0 Å². The van der Waals surface area contributed by atoms with Crippen molar-refractivity contribution in [3.8, 4) is 5.75 Å². The number of nitro benzene ring substituents is 1. The van der Waals surface area contributed by atoms with Gasteiger partial charge in [-0.3, -0.25) is 10.1 Å². The fourth-order valence-electron chi connectivity index (χ4n) is 1.17. The van der Waals surface area contributed by atoms with Gasteiger partial charge in [-0.05, 0) is 18.6 Å². The van der Waals surface area contributed by atoms with E-state index in [1.807, 2.05) is 0 Å². The Kier molecular flexibility index (Phi) is 4.87. The number of nitrogens with two attached hydrogens (primary N) is 1. The summed E-state index contributed by atoms with van der Waals surface area (Å²) >= 11 is 5.44. The molecule has 0 aliphatic heterocycles. The molecule has 0 bridgehead atoms. The van der Waals surface area contributed by atoms with Gasteiger partial charge in [-0.15, -0.1) is 0 Å². The molecule has 104 valence electrons. The number of ether oxygens (including phenoxy) is 1. The number of hydrogen-bond acceptors (Lipinski definition) is 5. The van der Waals surface area contributed by atoms with Crippen LogP contribution in [0.3, 0.4) is 0 Å². The van der Waals surface area contributed by atoms with Crippen LogP contribution in [0.25, 0.3) is 0 Å². The molecule has 9 heteroatoms. The number of nitrogens with zero attached hydrogens (tertiary/aromatic N) is 1. The van der Waals surface area contributed by atoms with E-state index in [9.17, 15) is 18.5 Å². The van der Waals surface area contributed by atoms with Crippen molar-refractivity contribution in [2.45, 2.75) is 11.8 Å². The van der Waals surface area contributed by atoms with E-state index >= 15 is 0 Å². The van der Waals surface area contributed by atoms with Crippen molar-refractivity contribution < 1.29 is 18.1 Å². The van der Waals surface area contributed by atoms with Crippen LogP contribution >= 0.6 is 11.6 Å². The van der Waals surface area contributed by atoms with Gasteiger partial charge in [0.1, 0.15) is 17.3 Å². The Balaban J connectivity index is 3.21. The van der Waals surface area contributed by atoms with Crippen LogP contribution in [-0.4, -0.2) is 19.9 Å². The summed E-state index contributed by atoms with van der Waals surface area (Å²) in [7, 11) is -4.13. The summed E-state index contributed by atoms with van der Waals surface area (Å²) in [4.78, 5) is 9.45. The van der Waals surface area contributed by atoms with E-state index < -0.39 is 19.8 Å². The van der Waals surface area contributed by atoms with Crippen LogP contribution in [0.5, 0.6) is 5.75 Å². The number of rotatable bonds is 5. The summed E-state index contributed by atoms with van der Waals surface area (Å²) in [6, 6.07) is 3.16. The Bertz CT molecular complexity index is 627. The highest BCUT2D eigenvalue weighted by molar-refractivity contribution is 7.89. The molecule has 1 aromatic carbocycles. The maximum atomic E-state index is 11.4. The predicted molar refractivity (Wildman–Crippen MR) is 69.6 cm³/mol. The molecule has 0 atom stereocenters. The van der Waals surface area contributed by atoms with E-state index in [0.29, 0.717) is 5.57 Å². The summed E-state index contributed by atoms with van der Waals surface area (Å²) in [5, 5.41) is 15.6. The fourth-order valence-corrected chi connectivity index (χ4v) is 1.93. The van der Waals surface area contributed by atoms with Gasteiger partial charge in [0.2, 0.25) is 10.0 Å². The standard InChI is InChI=1S/C10H11ClN2O5S/c1-7(5-11)6-18-9-3-2-8(13(14)15)4-10(9)19(12,16)17/h2-5H,6H2,1H3,(H2,12,16,17)/b7-5-. The van der Waals surface area contributed by atoms with Crippen LogP contribution in [0.2, 0.25) is 0 Å². The Morgan fingerprint density at radius 1 is 1.58 bits per heavy atom. The first kappa shape index (κ1) is 15.4. The highest BCUT2D eigenvalue weighted by atomic mass is 35.5. The molecule has 0 fully saturated rings. The number of sulfonamides is 1. The molecule has 1 rings (SSSR count). The van der Waals surface area contributed by atoms with Gasteiger partial charge < -0.3 is 4.74 Å². The summed E-state index contributed by atoms with van der Waals surface area (Å²) in [6.07, 6.45) is 0. The highest BCUT2D eigenvalue weighted by Crippen LogP contribution is 2.27. The molecule has 7 nitrogen and oxygen atoms in total. The highest BCUT2D eigenvalue weighted by Gasteiger charge is 2.20. The molecule has 0 aliphatic carbocycles. The number of hydrogen-bond donors (Lipinski definition) is 1. The number of benzene rings is 1. The zero-order valence-electron chi connectivity index (χ0n) is 9.87. The molecule has 0 spiro atoms. The molecule has 2 N–H and O–H groups in total. The number of nitro groups is 1. The molecular formula is C10H11ClN2O5S. The minimum Gasteiger partial charge on any atom is -0.488 e. The Morgan fingerprint density at radius 2 is 2.21 bits per heavy atom. The number of non-ortho nitro benzene ring substituents is 1. The van der Waals surface area contributed by atoms with Gasteiger partial charge >= 0.3 is 0 Å². The zero-order chi connectivity index (χ0) is 14.6. The molecule has 0 radical (unpaired) electrons. The predicted octanol–water partition coefficient (Wildman–Crippen LogP) is 1.76. The minimum atomic E-state index is -4.13. The van der Waals surface area contributed by atoms with Crippen LogP contribution < -0.4 is 9.88 Å². The van der Waals surface area contributed by atoms with Crippen LogP contribution in [0.1, 0.15) is 6.92 Å². The van der Waals surface area contributed by atoms with E-state index in [0.717, 1.165) is 12.1 Å². The third-order valence-corrected chi connectivity index (χ3v) is 3.39. The van der Waals surface area contributed by atoms with Gasteiger partial charge in [-0.2, -0.15) is 0 Å². The van der Waals surface area contributed by atoms with Gasteiger partial charge in [-0.1, -0.05) is 11.6 Å². The Morgan fingerprint density at radius 3 is 2.68 bits per heavy atom. The summed E-state index contributed by atoms with van der Waals surface area (Å²) in [5.74, 6) is -0.0639. The second-order valence-electron chi connectivity index (χ2n) is 3.68. The van der Waals surface area contributed by atoms with E-state index in [1.54, 1.807) is 6.92 Å². The second kappa shape index (κ2) is 6.00. The molecular weight excluding hydrogens is 296 g/mol. The number of halogens is 1. The SMILES string of the molecule is C/C(=C/Cl)COc1ccc([N+](=O)[O-])cc1S(N)(=O)=O. The van der Waals surface area contributed by atoms with Gasteiger partial charge in [0.15, 0.2) is 0 Å². The van der Waals surface area contributed by atoms with Crippen LogP contribution in [0.4, 0.5) is 5.69 Å². The fraction of sp³-hybridized carbons (Fsp3) is 0.200. The summed E-state index contributed by atoms with van der Waals surface area (Å²) < 4.78 is 28.0. The summed E-state index contributed by atoms with van der Waals surface area (Å²) in [6.45, 7) is 1.72. The van der Waals surface area contributed by atoms with E-state index in [4.69, 9.17) is 21.5 Å². The van der Waals surface area contributed by atoms with E-state index in [1.165, 1.54) is 11.6 Å². The number of primary sulfonamides is 1. The average Bonchev–Trinajstić information content (AvgIpc) is 2.34. The monoisotopic (exact) mass is 306 g/mol. The van der Waals surface area contributed by atoms with Crippen LogP contribution in [0.15, 0.2) is 34.2 Å². The van der Waals surface area contributed by atoms with Crippen molar-refractivity contribution in [1.29, 1.82) is 0 Å². The first-order valence-corrected chi connectivity index (χ1v) is 6.94. The van der Waals surface area contributed by atoms with Gasteiger partial charge in [0, 0.05) is 17.7 Å². The van der Waals surface area contributed by atoms with Crippen molar-refractivity contribution >= 4 is 27.3 Å². The van der Waals surface area contributed by atoms with Gasteiger partial charge in [-0.25, -0.2) is 13.6 Å². The van der Waals surface area contributed by atoms with E-state index in [-0.39, 0.29) is 18.0 Å². The molecule has 1 aromatic rings. The molecule has 0 unspecified atom stereocenters. The lowest BCUT2D eigenvalue weighted by molar-refractivity contribution is -0.385. The molecule has 0 heterocycles. The average molecular weight is 307 g/mol. The lowest BCUT2D eigenvalue weighted by Gasteiger charge is -2.09. The molecule has 0 amide bonds. The smallest absolute Gasteiger partial charge is 0.271 e. The molecule has 19 heavy (non-hydrogen) atoms. The Hall–Kier alpha value is -1.64. The third kappa shape index (κ3) is 4.19. The normalized spacial score (nSPS) is 12.3.